The Hall–Kier alpha value is -2.33. The van der Waals surface area contributed by atoms with E-state index in [1.807, 2.05) is 0 Å². The van der Waals surface area contributed by atoms with Gasteiger partial charge in [-0.2, -0.15) is 0 Å². The van der Waals surface area contributed by atoms with Crippen molar-refractivity contribution in [3.63, 3.8) is 0 Å². The third-order valence-electron chi connectivity index (χ3n) is 3.22. The molecule has 2 N–H and O–H groups in total. The molecule has 2 aromatic rings. The SMILES string of the molecule is CCC(C(=O)Nc1nccs1)S(=O)(=O)CC(=O)Nc1ccc(F)cc1. The molecule has 0 spiro atoms. The van der Waals surface area contributed by atoms with Crippen LogP contribution in [0.25, 0.3) is 0 Å². The average Bonchev–Trinajstić information content (AvgIpc) is 3.02. The molecule has 134 valence electrons. The zero-order chi connectivity index (χ0) is 18.4. The number of hydrogen-bond acceptors (Lipinski definition) is 6. The Morgan fingerprint density at radius 1 is 1.24 bits per heavy atom. The summed E-state index contributed by atoms with van der Waals surface area (Å²) in [5.41, 5.74) is 0.266. The number of nitrogens with zero attached hydrogens (tertiary/aromatic N) is 1. The van der Waals surface area contributed by atoms with Crippen LogP contribution in [0, 0.1) is 5.82 Å². The van der Waals surface area contributed by atoms with Gasteiger partial charge in [-0.3, -0.25) is 9.59 Å². The molecule has 0 saturated carbocycles. The molecule has 1 heterocycles. The minimum Gasteiger partial charge on any atom is -0.325 e. The predicted octanol–water partition coefficient (Wildman–Crippen LogP) is 2.05. The summed E-state index contributed by atoms with van der Waals surface area (Å²) in [5.74, 6) is -2.86. The third kappa shape index (κ3) is 5.33. The van der Waals surface area contributed by atoms with Crippen LogP contribution in [0.15, 0.2) is 35.8 Å². The molecule has 2 amide bonds. The molecule has 2 rings (SSSR count). The summed E-state index contributed by atoms with van der Waals surface area (Å²) in [6, 6.07) is 4.90. The molecule has 1 atom stereocenters. The number of carbonyl (C=O) groups is 2. The molecule has 0 radical (unpaired) electrons. The number of sulfone groups is 1. The topological polar surface area (TPSA) is 105 Å². The van der Waals surface area contributed by atoms with Gasteiger partial charge in [0.25, 0.3) is 0 Å². The molecule has 25 heavy (non-hydrogen) atoms. The minimum atomic E-state index is -4.02. The highest BCUT2D eigenvalue weighted by Gasteiger charge is 2.33. The Balaban J connectivity index is 2.03. The van der Waals surface area contributed by atoms with Crippen molar-refractivity contribution in [1.82, 2.24) is 4.98 Å². The quantitative estimate of drug-likeness (QED) is 0.759. The van der Waals surface area contributed by atoms with Gasteiger partial charge in [-0.15, -0.1) is 11.3 Å². The Labute approximate surface area is 148 Å². The van der Waals surface area contributed by atoms with Crippen LogP contribution in [0.3, 0.4) is 0 Å². The van der Waals surface area contributed by atoms with Gasteiger partial charge in [0.2, 0.25) is 11.8 Å². The van der Waals surface area contributed by atoms with Crippen LogP contribution in [0.4, 0.5) is 15.2 Å². The normalized spacial score (nSPS) is 12.4. The minimum absolute atomic E-state index is 0.0172. The molecule has 0 bridgehead atoms. The zero-order valence-corrected chi connectivity index (χ0v) is 14.9. The van der Waals surface area contributed by atoms with Gasteiger partial charge < -0.3 is 10.6 Å². The summed E-state index contributed by atoms with van der Waals surface area (Å²) >= 11 is 1.16. The van der Waals surface area contributed by atoms with Crippen LogP contribution in [-0.4, -0.2) is 36.2 Å². The molecule has 0 aliphatic heterocycles. The number of carbonyl (C=O) groups excluding carboxylic acids is 2. The summed E-state index contributed by atoms with van der Waals surface area (Å²) in [6.07, 6.45) is 1.50. The maximum absolute atomic E-state index is 12.8. The van der Waals surface area contributed by atoms with Gasteiger partial charge in [0.15, 0.2) is 15.0 Å². The maximum Gasteiger partial charge on any atom is 0.244 e. The fourth-order valence-corrected chi connectivity index (χ4v) is 4.15. The summed E-state index contributed by atoms with van der Waals surface area (Å²) < 4.78 is 37.6. The monoisotopic (exact) mass is 385 g/mol. The number of rotatable bonds is 7. The second kappa shape index (κ2) is 8.17. The number of nitrogens with one attached hydrogen (secondary N) is 2. The van der Waals surface area contributed by atoms with E-state index in [0.29, 0.717) is 0 Å². The number of hydrogen-bond donors (Lipinski definition) is 2. The van der Waals surface area contributed by atoms with Crippen LogP contribution in [-0.2, 0) is 19.4 Å². The van der Waals surface area contributed by atoms with Crippen molar-refractivity contribution in [2.75, 3.05) is 16.4 Å². The lowest BCUT2D eigenvalue weighted by Crippen LogP contribution is -2.39. The van der Waals surface area contributed by atoms with E-state index in [1.54, 1.807) is 12.3 Å². The molecule has 0 aliphatic carbocycles. The fourth-order valence-electron chi connectivity index (χ4n) is 2.09. The van der Waals surface area contributed by atoms with E-state index in [0.717, 1.165) is 23.5 Å². The molecule has 0 fully saturated rings. The number of anilines is 2. The first-order valence-electron chi connectivity index (χ1n) is 7.29. The van der Waals surface area contributed by atoms with Gasteiger partial charge in [-0.1, -0.05) is 6.92 Å². The van der Waals surface area contributed by atoms with Crippen molar-refractivity contribution in [3.8, 4) is 0 Å². The van der Waals surface area contributed by atoms with Crippen LogP contribution in [0.2, 0.25) is 0 Å². The first-order chi connectivity index (χ1) is 11.8. The lowest BCUT2D eigenvalue weighted by atomic mass is 10.3. The summed E-state index contributed by atoms with van der Waals surface area (Å²) in [6.45, 7) is 1.54. The highest BCUT2D eigenvalue weighted by atomic mass is 32.2. The van der Waals surface area contributed by atoms with Gasteiger partial charge in [0, 0.05) is 17.3 Å². The summed E-state index contributed by atoms with van der Waals surface area (Å²) in [5, 5.41) is 5.35. The third-order valence-corrected chi connectivity index (χ3v) is 5.99. The number of halogens is 1. The average molecular weight is 385 g/mol. The van der Waals surface area contributed by atoms with E-state index in [4.69, 9.17) is 0 Å². The molecule has 1 unspecified atom stereocenters. The van der Waals surface area contributed by atoms with Crippen LogP contribution >= 0.6 is 11.3 Å². The first-order valence-corrected chi connectivity index (χ1v) is 9.88. The van der Waals surface area contributed by atoms with Crippen LogP contribution in [0.5, 0.6) is 0 Å². The van der Waals surface area contributed by atoms with E-state index < -0.39 is 38.5 Å². The molecular formula is C15H16FN3O4S2. The van der Waals surface area contributed by atoms with E-state index in [9.17, 15) is 22.4 Å². The van der Waals surface area contributed by atoms with Crippen molar-refractivity contribution in [2.45, 2.75) is 18.6 Å². The highest BCUT2D eigenvalue weighted by molar-refractivity contribution is 7.93. The molecule has 1 aromatic heterocycles. The van der Waals surface area contributed by atoms with Gasteiger partial charge in [-0.05, 0) is 30.7 Å². The van der Waals surface area contributed by atoms with E-state index in [1.165, 1.54) is 18.3 Å². The Kier molecular flexibility index (Phi) is 6.21. The number of thiazole rings is 1. The second-order valence-electron chi connectivity index (χ2n) is 5.09. The molecule has 1 aromatic carbocycles. The molecular weight excluding hydrogens is 369 g/mol. The Morgan fingerprint density at radius 2 is 1.92 bits per heavy atom. The lowest BCUT2D eigenvalue weighted by molar-refractivity contribution is -0.115. The lowest BCUT2D eigenvalue weighted by Gasteiger charge is -2.15. The fraction of sp³-hybridized carbons (Fsp3) is 0.267. The van der Waals surface area contributed by atoms with Crippen molar-refractivity contribution in [1.29, 1.82) is 0 Å². The standard InChI is InChI=1S/C15H16FN3O4S2/c1-2-12(14(21)19-15-17-7-8-24-15)25(22,23)9-13(20)18-11-5-3-10(16)4-6-11/h3-8,12H,2,9H2,1H3,(H,18,20)(H,17,19,21). The van der Waals surface area contributed by atoms with Crippen molar-refractivity contribution >= 4 is 43.8 Å². The van der Waals surface area contributed by atoms with Crippen molar-refractivity contribution in [3.05, 3.63) is 41.7 Å². The van der Waals surface area contributed by atoms with E-state index >= 15 is 0 Å². The number of aromatic nitrogens is 1. The van der Waals surface area contributed by atoms with Crippen LogP contribution in [0.1, 0.15) is 13.3 Å². The zero-order valence-electron chi connectivity index (χ0n) is 13.2. The molecule has 0 aliphatic rings. The summed E-state index contributed by atoms with van der Waals surface area (Å²) in [4.78, 5) is 28.0. The number of amides is 2. The van der Waals surface area contributed by atoms with Gasteiger partial charge >= 0.3 is 0 Å². The number of benzene rings is 1. The molecule has 0 saturated heterocycles. The highest BCUT2D eigenvalue weighted by Crippen LogP contribution is 2.15. The van der Waals surface area contributed by atoms with Crippen molar-refractivity contribution < 1.29 is 22.4 Å². The predicted molar refractivity (Wildman–Crippen MR) is 93.6 cm³/mol. The molecule has 7 nitrogen and oxygen atoms in total. The molecule has 10 heteroatoms. The van der Waals surface area contributed by atoms with Gasteiger partial charge in [0.1, 0.15) is 16.8 Å². The smallest absolute Gasteiger partial charge is 0.244 e. The van der Waals surface area contributed by atoms with Crippen molar-refractivity contribution in [2.24, 2.45) is 0 Å². The summed E-state index contributed by atoms with van der Waals surface area (Å²) in [7, 11) is -4.02. The second-order valence-corrected chi connectivity index (χ2v) is 8.16. The largest absolute Gasteiger partial charge is 0.325 e. The van der Waals surface area contributed by atoms with E-state index in [2.05, 4.69) is 15.6 Å². The van der Waals surface area contributed by atoms with Gasteiger partial charge in [-0.25, -0.2) is 17.8 Å². The van der Waals surface area contributed by atoms with E-state index in [-0.39, 0.29) is 17.2 Å². The van der Waals surface area contributed by atoms with Gasteiger partial charge in [0.05, 0.1) is 0 Å². The Morgan fingerprint density at radius 3 is 2.48 bits per heavy atom. The first kappa shape index (κ1) is 19.0. The maximum atomic E-state index is 12.8. The Bertz CT molecular complexity index is 836. The van der Waals surface area contributed by atoms with Crippen LogP contribution < -0.4 is 10.6 Å².